The van der Waals surface area contributed by atoms with Crippen molar-refractivity contribution in [2.45, 2.75) is 13.0 Å². The van der Waals surface area contributed by atoms with Crippen molar-refractivity contribution in [2.24, 2.45) is 0 Å². The van der Waals surface area contributed by atoms with Gasteiger partial charge in [0.1, 0.15) is 24.7 Å². The maximum Gasteiger partial charge on any atom is 0.275 e. The number of nitrogens with one attached hydrogen (secondary N) is 2. The third-order valence-electron chi connectivity index (χ3n) is 4.03. The van der Waals surface area contributed by atoms with Crippen LogP contribution in [0.2, 0.25) is 5.02 Å². The highest BCUT2D eigenvalue weighted by atomic mass is 35.5. The van der Waals surface area contributed by atoms with Crippen LogP contribution in [0.15, 0.2) is 18.3 Å². The normalized spacial score (nSPS) is 15.6. The number of benzene rings is 1. The van der Waals surface area contributed by atoms with Crippen LogP contribution in [0, 0.1) is 0 Å². The van der Waals surface area contributed by atoms with E-state index in [9.17, 15) is 4.79 Å². The van der Waals surface area contributed by atoms with E-state index in [0.717, 1.165) is 31.9 Å². The van der Waals surface area contributed by atoms with Gasteiger partial charge < -0.3 is 24.7 Å². The number of amides is 1. The maximum atomic E-state index is 12.5. The van der Waals surface area contributed by atoms with Gasteiger partial charge in [0.25, 0.3) is 5.91 Å². The number of halogens is 2. The molecule has 2 aliphatic rings. The van der Waals surface area contributed by atoms with E-state index in [1.807, 2.05) is 4.57 Å². The number of hydrogen-bond donors (Lipinski definition) is 2. The number of aromatic nitrogens is 2. The maximum absolute atomic E-state index is 12.5. The van der Waals surface area contributed by atoms with Crippen molar-refractivity contribution in [1.29, 1.82) is 0 Å². The SMILES string of the molecule is Cl.O=C(Nc1cc2c(cc1Cl)OCCO2)c1cn2c(n1)CCNCC2. The molecule has 0 radical (unpaired) electrons. The van der Waals surface area contributed by atoms with E-state index in [4.69, 9.17) is 21.1 Å². The molecule has 7 nitrogen and oxygen atoms in total. The Morgan fingerprint density at radius 1 is 1.24 bits per heavy atom. The van der Waals surface area contributed by atoms with Crippen molar-refractivity contribution < 1.29 is 14.3 Å². The highest BCUT2D eigenvalue weighted by Gasteiger charge is 2.19. The first-order valence-electron chi connectivity index (χ1n) is 7.88. The molecular weight excluding hydrogens is 367 g/mol. The topological polar surface area (TPSA) is 77.4 Å². The lowest BCUT2D eigenvalue weighted by Gasteiger charge is -2.19. The van der Waals surface area contributed by atoms with Crippen molar-refractivity contribution in [3.8, 4) is 11.5 Å². The fourth-order valence-electron chi connectivity index (χ4n) is 2.83. The van der Waals surface area contributed by atoms with E-state index in [2.05, 4.69) is 15.6 Å². The molecule has 0 unspecified atom stereocenters. The number of nitrogens with zero attached hydrogens (tertiary/aromatic N) is 2. The summed E-state index contributed by atoms with van der Waals surface area (Å²) in [6, 6.07) is 3.33. The zero-order valence-corrected chi connectivity index (χ0v) is 15.0. The van der Waals surface area contributed by atoms with Crippen LogP contribution in [0.3, 0.4) is 0 Å². The van der Waals surface area contributed by atoms with Gasteiger partial charge in [0.2, 0.25) is 0 Å². The molecule has 9 heteroatoms. The molecule has 0 atom stereocenters. The Bertz CT molecular complexity index is 770. The summed E-state index contributed by atoms with van der Waals surface area (Å²) in [6.45, 7) is 3.51. The van der Waals surface area contributed by atoms with Gasteiger partial charge in [0, 0.05) is 44.4 Å². The summed E-state index contributed by atoms with van der Waals surface area (Å²) < 4.78 is 13.0. The molecule has 0 bridgehead atoms. The molecule has 25 heavy (non-hydrogen) atoms. The molecule has 0 spiro atoms. The molecule has 0 saturated heterocycles. The average Bonchev–Trinajstić information content (AvgIpc) is 2.86. The molecule has 1 amide bonds. The van der Waals surface area contributed by atoms with Gasteiger partial charge in [-0.3, -0.25) is 4.79 Å². The molecule has 134 valence electrons. The van der Waals surface area contributed by atoms with E-state index >= 15 is 0 Å². The quantitative estimate of drug-likeness (QED) is 0.828. The number of carbonyl (C=O) groups is 1. The minimum Gasteiger partial charge on any atom is -0.486 e. The van der Waals surface area contributed by atoms with Gasteiger partial charge in [-0.2, -0.15) is 0 Å². The predicted molar refractivity (Wildman–Crippen MR) is 96.4 cm³/mol. The number of carbonyl (C=O) groups excluding carboxylic acids is 1. The Morgan fingerprint density at radius 2 is 2.00 bits per heavy atom. The van der Waals surface area contributed by atoms with E-state index in [1.165, 1.54) is 0 Å². The second-order valence-electron chi connectivity index (χ2n) is 5.67. The predicted octanol–water partition coefficient (Wildman–Crippen LogP) is 2.13. The van der Waals surface area contributed by atoms with E-state index in [-0.39, 0.29) is 18.3 Å². The lowest BCUT2D eigenvalue weighted by atomic mass is 10.2. The molecule has 2 aliphatic heterocycles. The molecule has 0 fully saturated rings. The number of imidazole rings is 1. The first kappa shape index (κ1) is 17.8. The molecule has 3 heterocycles. The Balaban J connectivity index is 0.00000182. The van der Waals surface area contributed by atoms with Gasteiger partial charge in [0.15, 0.2) is 11.5 Å². The highest BCUT2D eigenvalue weighted by molar-refractivity contribution is 6.34. The molecular formula is C16H18Cl2N4O3. The third kappa shape index (κ3) is 3.68. The number of ether oxygens (including phenoxy) is 2. The summed E-state index contributed by atoms with van der Waals surface area (Å²) in [7, 11) is 0. The summed E-state index contributed by atoms with van der Waals surface area (Å²) in [5, 5.41) is 6.50. The standard InChI is InChI=1S/C16H17ClN4O3.ClH/c17-10-7-13-14(24-6-5-23-13)8-11(10)20-16(22)12-9-21-4-3-18-2-1-15(21)19-12;/h7-9,18H,1-6H2,(H,20,22);1H. The van der Waals surface area contributed by atoms with Crippen molar-refractivity contribution in [2.75, 3.05) is 31.6 Å². The molecule has 1 aromatic heterocycles. The minimum absolute atomic E-state index is 0. The molecule has 2 aromatic rings. The second-order valence-corrected chi connectivity index (χ2v) is 6.07. The van der Waals surface area contributed by atoms with Crippen LogP contribution in [0.5, 0.6) is 11.5 Å². The zero-order chi connectivity index (χ0) is 16.5. The van der Waals surface area contributed by atoms with Gasteiger partial charge in [-0.15, -0.1) is 12.4 Å². The van der Waals surface area contributed by atoms with Crippen LogP contribution in [0.1, 0.15) is 16.3 Å². The lowest BCUT2D eigenvalue weighted by molar-refractivity contribution is 0.102. The highest BCUT2D eigenvalue weighted by Crippen LogP contribution is 2.38. The van der Waals surface area contributed by atoms with E-state index in [0.29, 0.717) is 41.1 Å². The van der Waals surface area contributed by atoms with E-state index in [1.54, 1.807) is 18.3 Å². The zero-order valence-electron chi connectivity index (χ0n) is 13.4. The minimum atomic E-state index is -0.290. The summed E-state index contributed by atoms with van der Waals surface area (Å²) in [5.41, 5.74) is 0.869. The van der Waals surface area contributed by atoms with Crippen molar-refractivity contribution in [3.63, 3.8) is 0 Å². The Labute approximate surface area is 156 Å². The molecule has 0 saturated carbocycles. The smallest absolute Gasteiger partial charge is 0.275 e. The molecule has 4 rings (SSSR count). The van der Waals surface area contributed by atoms with Crippen LogP contribution in [-0.2, 0) is 13.0 Å². The largest absolute Gasteiger partial charge is 0.486 e. The second kappa shape index (κ2) is 7.51. The van der Waals surface area contributed by atoms with Gasteiger partial charge in [0.05, 0.1) is 10.7 Å². The van der Waals surface area contributed by atoms with Crippen LogP contribution in [0.25, 0.3) is 0 Å². The molecule has 0 aliphatic carbocycles. The van der Waals surface area contributed by atoms with Crippen molar-refractivity contribution in [3.05, 3.63) is 34.9 Å². The number of fused-ring (bicyclic) bond motifs is 2. The van der Waals surface area contributed by atoms with E-state index < -0.39 is 0 Å². The number of anilines is 1. The fourth-order valence-corrected chi connectivity index (χ4v) is 3.03. The lowest BCUT2D eigenvalue weighted by Crippen LogP contribution is -2.18. The first-order chi connectivity index (χ1) is 11.7. The molecule has 1 aromatic carbocycles. The van der Waals surface area contributed by atoms with Crippen molar-refractivity contribution in [1.82, 2.24) is 14.9 Å². The van der Waals surface area contributed by atoms with Crippen LogP contribution in [-0.4, -0.2) is 41.8 Å². The Kier molecular flexibility index (Phi) is 5.36. The van der Waals surface area contributed by atoms with Crippen LogP contribution >= 0.6 is 24.0 Å². The Morgan fingerprint density at radius 3 is 2.80 bits per heavy atom. The summed E-state index contributed by atoms with van der Waals surface area (Å²) in [6.07, 6.45) is 2.58. The summed E-state index contributed by atoms with van der Waals surface area (Å²) in [4.78, 5) is 16.9. The number of hydrogen-bond acceptors (Lipinski definition) is 5. The monoisotopic (exact) mass is 384 g/mol. The third-order valence-corrected chi connectivity index (χ3v) is 4.34. The van der Waals surface area contributed by atoms with Gasteiger partial charge in [-0.05, 0) is 0 Å². The van der Waals surface area contributed by atoms with Crippen molar-refractivity contribution >= 4 is 35.6 Å². The number of rotatable bonds is 2. The summed E-state index contributed by atoms with van der Waals surface area (Å²) in [5.74, 6) is 1.79. The van der Waals surface area contributed by atoms with Gasteiger partial charge in [-0.1, -0.05) is 11.6 Å². The molecule has 2 N–H and O–H groups in total. The van der Waals surface area contributed by atoms with Gasteiger partial charge >= 0.3 is 0 Å². The van der Waals surface area contributed by atoms with Crippen LogP contribution in [0.4, 0.5) is 5.69 Å². The first-order valence-corrected chi connectivity index (χ1v) is 8.26. The average molecular weight is 385 g/mol. The van der Waals surface area contributed by atoms with Crippen LogP contribution < -0.4 is 20.1 Å². The Hall–Kier alpha value is -1.96. The fraction of sp³-hybridized carbons (Fsp3) is 0.375. The summed E-state index contributed by atoms with van der Waals surface area (Å²) >= 11 is 6.23. The van der Waals surface area contributed by atoms with Gasteiger partial charge in [-0.25, -0.2) is 4.98 Å².